The Morgan fingerprint density at radius 1 is 0.585 bits per heavy atom. The smallest absolute Gasteiger partial charge is 0.668 e. The van der Waals surface area contributed by atoms with Gasteiger partial charge in [0.05, 0.1) is 11.4 Å². The Balaban J connectivity index is 0.000000610. The number of fused-ring (bicyclic) bond motifs is 2. The van der Waals surface area contributed by atoms with Crippen LogP contribution < -0.4 is 9.97 Å². The van der Waals surface area contributed by atoms with E-state index in [0.717, 1.165) is 48.4 Å². The Hall–Kier alpha value is -3.03. The fourth-order valence-electron chi connectivity index (χ4n) is 5.46. The summed E-state index contributed by atoms with van der Waals surface area (Å²) < 4.78 is 0. The number of hydrogen-bond acceptors (Lipinski definition) is 2. The topological polar surface area (TPSA) is 81.1 Å². The van der Waals surface area contributed by atoms with E-state index in [0.29, 0.717) is 0 Å². The third-order valence-electron chi connectivity index (χ3n) is 7.10. The standard InChI is InChI=1S/C30H28N4.2C2H6N.Ti/c1-3-11-25-21(7-1)13-15-27(33-19-23-9-5-17-31-23)29(25)30-26-12-4-2-8-22(26)14-16-28(30)34-20-24-10-6-18-32-24;2*1-3-2;/h5-6,9-10,13-20H,1-4,7-8,11-12H2;2*1-2H3;/q-2;2*-1;+4. The largest absolute Gasteiger partial charge is 4.00 e. The van der Waals surface area contributed by atoms with Crippen molar-refractivity contribution in [3.8, 4) is 11.1 Å². The maximum Gasteiger partial charge on any atom is 4.00 e. The summed E-state index contributed by atoms with van der Waals surface area (Å²) in [6, 6.07) is 16.9. The zero-order chi connectivity index (χ0) is 28.2. The second-order valence-electron chi connectivity index (χ2n) is 10.1. The van der Waals surface area contributed by atoms with Gasteiger partial charge in [-0.25, -0.2) is 0 Å². The fraction of sp³-hybridized carbons (Fsp3) is 0.353. The number of hydrogen-bond donors (Lipinski definition) is 0. The number of aliphatic imine (C=N–C) groups is 2. The van der Waals surface area contributed by atoms with Crippen LogP contribution in [-0.2, 0) is 47.4 Å². The Morgan fingerprint density at radius 3 is 1.34 bits per heavy atom. The van der Waals surface area contributed by atoms with E-state index < -0.39 is 0 Å². The molecule has 2 aromatic carbocycles. The van der Waals surface area contributed by atoms with Crippen molar-refractivity contribution in [3.05, 3.63) is 105 Å². The first-order valence-corrected chi connectivity index (χ1v) is 14.2. The van der Waals surface area contributed by atoms with Crippen LogP contribution in [0.4, 0.5) is 11.4 Å². The molecule has 0 atom stereocenters. The van der Waals surface area contributed by atoms with E-state index in [1.54, 1.807) is 28.2 Å². The van der Waals surface area contributed by atoms with Gasteiger partial charge in [0, 0.05) is 23.6 Å². The van der Waals surface area contributed by atoms with Crippen LogP contribution >= 0.6 is 0 Å². The van der Waals surface area contributed by atoms with Gasteiger partial charge in [0.25, 0.3) is 0 Å². The van der Waals surface area contributed by atoms with Gasteiger partial charge in [-0.3, -0.25) is 9.98 Å². The third-order valence-corrected chi connectivity index (χ3v) is 7.10. The molecule has 0 bridgehead atoms. The van der Waals surface area contributed by atoms with E-state index in [2.05, 4.69) is 44.9 Å². The van der Waals surface area contributed by atoms with Crippen molar-refractivity contribution in [1.82, 2.24) is 9.97 Å². The van der Waals surface area contributed by atoms with Crippen molar-refractivity contribution in [2.24, 2.45) is 9.98 Å². The minimum Gasteiger partial charge on any atom is -0.668 e. The normalized spacial score (nSPS) is 13.9. The monoisotopic (exact) mass is 580 g/mol. The van der Waals surface area contributed by atoms with Crippen LogP contribution in [0.25, 0.3) is 21.8 Å². The molecule has 2 aromatic heterocycles. The first-order chi connectivity index (χ1) is 19.7. The molecule has 7 heteroatoms. The predicted molar refractivity (Wildman–Crippen MR) is 170 cm³/mol. The molecule has 0 N–H and O–H groups in total. The van der Waals surface area contributed by atoms with E-state index in [1.807, 2.05) is 49.1 Å². The molecular formula is C34H40N6Ti. The molecule has 0 saturated carbocycles. The van der Waals surface area contributed by atoms with Gasteiger partial charge in [-0.05, 0) is 85.8 Å². The molecule has 4 aromatic rings. The Labute approximate surface area is 260 Å². The molecule has 2 heterocycles. The average Bonchev–Trinajstić information content (AvgIpc) is 3.70. The molecule has 0 aliphatic heterocycles. The maximum atomic E-state index is 4.98. The molecule has 41 heavy (non-hydrogen) atoms. The minimum absolute atomic E-state index is 0. The molecule has 0 saturated heterocycles. The van der Waals surface area contributed by atoms with Gasteiger partial charge in [0.1, 0.15) is 0 Å². The quantitative estimate of drug-likeness (QED) is 0.179. The van der Waals surface area contributed by atoms with Crippen molar-refractivity contribution in [2.45, 2.75) is 51.4 Å². The molecule has 0 fully saturated rings. The van der Waals surface area contributed by atoms with Crippen LogP contribution in [0.5, 0.6) is 0 Å². The van der Waals surface area contributed by atoms with Gasteiger partial charge in [-0.15, -0.1) is 11.4 Å². The van der Waals surface area contributed by atoms with Crippen molar-refractivity contribution < 1.29 is 21.7 Å². The van der Waals surface area contributed by atoms with Crippen molar-refractivity contribution in [3.63, 3.8) is 0 Å². The minimum atomic E-state index is 0. The van der Waals surface area contributed by atoms with Gasteiger partial charge in [-0.1, -0.05) is 36.4 Å². The summed E-state index contributed by atoms with van der Waals surface area (Å²) in [5, 5.41) is 7.00. The Morgan fingerprint density at radius 2 is 0.976 bits per heavy atom. The average molecular weight is 581 g/mol. The van der Waals surface area contributed by atoms with Gasteiger partial charge < -0.3 is 20.6 Å². The summed E-state index contributed by atoms with van der Waals surface area (Å²) in [5.74, 6) is 0. The second kappa shape index (κ2) is 17.1. The van der Waals surface area contributed by atoms with Crippen molar-refractivity contribution in [1.29, 1.82) is 0 Å². The van der Waals surface area contributed by atoms with E-state index in [-0.39, 0.29) is 21.7 Å². The van der Waals surface area contributed by atoms with Crippen LogP contribution in [0.15, 0.2) is 70.9 Å². The summed E-state index contributed by atoms with van der Waals surface area (Å²) in [6.07, 6.45) is 16.8. The van der Waals surface area contributed by atoms with E-state index in [9.17, 15) is 0 Å². The zero-order valence-electron chi connectivity index (χ0n) is 24.8. The summed E-state index contributed by atoms with van der Waals surface area (Å²) >= 11 is 0. The summed E-state index contributed by atoms with van der Waals surface area (Å²) in [5.41, 5.74) is 12.2. The third kappa shape index (κ3) is 8.49. The zero-order valence-corrected chi connectivity index (χ0v) is 26.3. The number of aryl methyl sites for hydroxylation is 2. The molecule has 0 amide bonds. The van der Waals surface area contributed by atoms with Crippen molar-refractivity contribution >= 4 is 23.8 Å². The second-order valence-corrected chi connectivity index (χ2v) is 10.1. The van der Waals surface area contributed by atoms with Crippen LogP contribution in [0.2, 0.25) is 0 Å². The number of benzene rings is 2. The van der Waals surface area contributed by atoms with Crippen LogP contribution in [-0.4, -0.2) is 40.6 Å². The predicted octanol–water partition coefficient (Wildman–Crippen LogP) is 7.76. The Bertz CT molecular complexity index is 1280. The summed E-state index contributed by atoms with van der Waals surface area (Å²) in [6.45, 7) is 0. The van der Waals surface area contributed by atoms with Crippen LogP contribution in [0.3, 0.4) is 0 Å². The van der Waals surface area contributed by atoms with Gasteiger partial charge in [-0.2, -0.15) is 40.6 Å². The molecule has 210 valence electrons. The molecule has 6 nitrogen and oxygen atoms in total. The van der Waals surface area contributed by atoms with Crippen molar-refractivity contribution in [2.75, 3.05) is 28.2 Å². The first kappa shape index (κ1) is 32.5. The molecule has 2 aliphatic carbocycles. The number of aromatic nitrogens is 2. The van der Waals surface area contributed by atoms with E-state index in [1.165, 1.54) is 59.1 Å². The number of rotatable bonds is 5. The first-order valence-electron chi connectivity index (χ1n) is 14.2. The molecule has 0 unspecified atom stereocenters. The SMILES string of the molecule is C(=Nc1ccc2c(c1-c1c(N=Cc3ccc[n-]3)ccc3c1CCCC3)CCCC2)c1ccc[n-]1.C[N-]C.C[N-]C.[Ti+4]. The summed E-state index contributed by atoms with van der Waals surface area (Å²) in [4.78, 5) is 18.7. The van der Waals surface area contributed by atoms with Crippen LogP contribution in [0.1, 0.15) is 59.3 Å². The number of nitrogens with zero attached hydrogens (tertiary/aromatic N) is 6. The Kier molecular flexibility index (Phi) is 13.5. The summed E-state index contributed by atoms with van der Waals surface area (Å²) in [7, 11) is 7.00. The molecule has 0 radical (unpaired) electrons. The van der Waals surface area contributed by atoms with Crippen LogP contribution in [0, 0.1) is 0 Å². The maximum absolute atomic E-state index is 4.98. The van der Waals surface area contributed by atoms with E-state index in [4.69, 9.17) is 9.98 Å². The molecule has 0 spiro atoms. The molecular weight excluding hydrogens is 540 g/mol. The molecule has 6 rings (SSSR count). The molecule has 2 aliphatic rings. The van der Waals surface area contributed by atoms with Gasteiger partial charge >= 0.3 is 21.7 Å². The van der Waals surface area contributed by atoms with Gasteiger partial charge in [0.2, 0.25) is 0 Å². The fourth-order valence-corrected chi connectivity index (χ4v) is 5.46. The van der Waals surface area contributed by atoms with Gasteiger partial charge in [0.15, 0.2) is 0 Å². The van der Waals surface area contributed by atoms with E-state index >= 15 is 0 Å².